The van der Waals surface area contributed by atoms with Crippen molar-refractivity contribution in [2.45, 2.75) is 45.9 Å². The molecule has 2 amide bonds. The Balaban J connectivity index is 1.29. The van der Waals surface area contributed by atoms with Gasteiger partial charge in [-0.2, -0.15) is 4.98 Å². The second-order valence-electron chi connectivity index (χ2n) is 10.9. The van der Waals surface area contributed by atoms with Crippen LogP contribution in [0.1, 0.15) is 35.4 Å². The number of hydrazine groups is 1. The number of aliphatic hydroxyl groups is 1. The molecule has 218 valence electrons. The number of anilines is 1. The zero-order valence-electron chi connectivity index (χ0n) is 24.0. The van der Waals surface area contributed by atoms with E-state index in [1.807, 2.05) is 47.2 Å². The van der Waals surface area contributed by atoms with Crippen molar-refractivity contribution in [2.24, 2.45) is 0 Å². The van der Waals surface area contributed by atoms with E-state index in [9.17, 15) is 14.7 Å². The van der Waals surface area contributed by atoms with Gasteiger partial charge in [0.15, 0.2) is 0 Å². The largest absolute Gasteiger partial charge is 0.393 e. The molecule has 0 saturated carbocycles. The van der Waals surface area contributed by atoms with Gasteiger partial charge in [0.2, 0.25) is 17.6 Å². The molecule has 0 aliphatic carbocycles. The first-order valence-electron chi connectivity index (χ1n) is 14.2. The molecule has 2 aliphatic rings. The number of aryl methyl sites for hydroxylation is 2. The standard InChI is InChI=1S/C30H39N7O4/c1-21-8-9-23(30-32-22(2)41-33-30)16-27(21)36(19-28(39)31-12-15-35-13-10-26(38)11-14-35)20-29(40)34(3)37-17-24-6-4-5-7-25(24)18-37/h4-9,16,26,38H,10-15,17-20H2,1-3H3,(H,31,39). The Kier molecular flexibility index (Phi) is 8.96. The van der Waals surface area contributed by atoms with E-state index in [1.165, 1.54) is 11.1 Å². The van der Waals surface area contributed by atoms with Crippen molar-refractivity contribution >= 4 is 17.5 Å². The van der Waals surface area contributed by atoms with E-state index in [0.717, 1.165) is 49.3 Å². The maximum absolute atomic E-state index is 13.6. The molecule has 5 rings (SSSR count). The summed E-state index contributed by atoms with van der Waals surface area (Å²) in [6.07, 6.45) is 1.29. The van der Waals surface area contributed by atoms with Crippen LogP contribution in [-0.4, -0.2) is 94.4 Å². The monoisotopic (exact) mass is 561 g/mol. The smallest absolute Gasteiger partial charge is 0.256 e. The van der Waals surface area contributed by atoms with Crippen LogP contribution in [0.15, 0.2) is 47.0 Å². The predicted molar refractivity (Wildman–Crippen MR) is 155 cm³/mol. The molecule has 11 nitrogen and oxygen atoms in total. The highest BCUT2D eigenvalue weighted by Gasteiger charge is 2.27. The van der Waals surface area contributed by atoms with Crippen LogP contribution < -0.4 is 10.2 Å². The second-order valence-corrected chi connectivity index (χ2v) is 10.9. The van der Waals surface area contributed by atoms with Crippen molar-refractivity contribution in [3.05, 3.63) is 65.0 Å². The van der Waals surface area contributed by atoms with Gasteiger partial charge in [-0.05, 0) is 42.5 Å². The molecule has 1 fully saturated rings. The molecule has 11 heteroatoms. The van der Waals surface area contributed by atoms with E-state index in [4.69, 9.17) is 4.52 Å². The highest BCUT2D eigenvalue weighted by atomic mass is 16.5. The molecule has 0 radical (unpaired) electrons. The lowest BCUT2D eigenvalue weighted by Crippen LogP contribution is -2.48. The highest BCUT2D eigenvalue weighted by Crippen LogP contribution is 2.28. The molecule has 0 spiro atoms. The number of carbonyl (C=O) groups excluding carboxylic acids is 2. The van der Waals surface area contributed by atoms with Crippen molar-refractivity contribution in [2.75, 3.05) is 51.2 Å². The quantitative estimate of drug-likeness (QED) is 0.384. The molecule has 41 heavy (non-hydrogen) atoms. The number of likely N-dealkylation sites (tertiary alicyclic amines) is 1. The Hall–Kier alpha value is -3.80. The average molecular weight is 562 g/mol. The lowest BCUT2D eigenvalue weighted by molar-refractivity contribution is -0.145. The van der Waals surface area contributed by atoms with Crippen molar-refractivity contribution < 1.29 is 19.2 Å². The molecule has 0 unspecified atom stereocenters. The summed E-state index contributed by atoms with van der Waals surface area (Å²) in [4.78, 5) is 35.2. The van der Waals surface area contributed by atoms with Crippen molar-refractivity contribution in [3.63, 3.8) is 0 Å². The summed E-state index contributed by atoms with van der Waals surface area (Å²) in [5.74, 6) is 0.645. The molecule has 1 saturated heterocycles. The third kappa shape index (κ3) is 7.10. The van der Waals surface area contributed by atoms with Crippen LogP contribution in [-0.2, 0) is 22.7 Å². The Bertz CT molecular complexity index is 1340. The van der Waals surface area contributed by atoms with Gasteiger partial charge < -0.3 is 24.7 Å². The fourth-order valence-corrected chi connectivity index (χ4v) is 5.41. The van der Waals surface area contributed by atoms with Gasteiger partial charge in [0.05, 0.1) is 19.2 Å². The predicted octanol–water partition coefficient (Wildman–Crippen LogP) is 2.12. The Morgan fingerprint density at radius 2 is 1.78 bits per heavy atom. The summed E-state index contributed by atoms with van der Waals surface area (Å²) < 4.78 is 5.17. The van der Waals surface area contributed by atoms with Gasteiger partial charge in [0.25, 0.3) is 5.91 Å². The minimum Gasteiger partial charge on any atom is -0.393 e. The Morgan fingerprint density at radius 3 is 2.44 bits per heavy atom. The number of benzene rings is 2. The zero-order valence-corrected chi connectivity index (χ0v) is 24.0. The Morgan fingerprint density at radius 1 is 1.07 bits per heavy atom. The van der Waals surface area contributed by atoms with Crippen LogP contribution >= 0.6 is 0 Å². The molecular weight excluding hydrogens is 522 g/mol. The number of fused-ring (bicyclic) bond motifs is 1. The summed E-state index contributed by atoms with van der Waals surface area (Å²) in [5, 5.41) is 20.5. The first-order chi connectivity index (χ1) is 19.8. The van der Waals surface area contributed by atoms with Crippen molar-refractivity contribution in [1.82, 2.24) is 30.4 Å². The molecule has 0 bridgehead atoms. The van der Waals surface area contributed by atoms with Gasteiger partial charge in [0.1, 0.15) is 0 Å². The van der Waals surface area contributed by atoms with Gasteiger partial charge in [0, 0.05) is 64.5 Å². The number of rotatable bonds is 10. The van der Waals surface area contributed by atoms with Crippen LogP contribution in [0.4, 0.5) is 5.69 Å². The number of carbonyl (C=O) groups is 2. The maximum atomic E-state index is 13.6. The number of nitrogens with one attached hydrogen (secondary N) is 1. The number of nitrogens with zero attached hydrogens (tertiary/aromatic N) is 6. The minimum atomic E-state index is -0.227. The van der Waals surface area contributed by atoms with E-state index in [0.29, 0.717) is 31.3 Å². The molecule has 3 heterocycles. The van der Waals surface area contributed by atoms with E-state index in [-0.39, 0.29) is 31.0 Å². The van der Waals surface area contributed by atoms with Crippen LogP contribution in [0.25, 0.3) is 11.4 Å². The van der Waals surface area contributed by atoms with Crippen molar-refractivity contribution in [3.8, 4) is 11.4 Å². The van der Waals surface area contributed by atoms with Crippen LogP contribution in [0.2, 0.25) is 0 Å². The van der Waals surface area contributed by atoms with Crippen LogP contribution in [0, 0.1) is 13.8 Å². The van der Waals surface area contributed by atoms with Gasteiger partial charge in [-0.25, -0.2) is 5.01 Å². The topological polar surface area (TPSA) is 118 Å². The molecule has 2 aliphatic heterocycles. The number of hydrogen-bond donors (Lipinski definition) is 2. The van der Waals surface area contributed by atoms with E-state index in [2.05, 4.69) is 32.5 Å². The van der Waals surface area contributed by atoms with E-state index in [1.54, 1.807) is 19.0 Å². The van der Waals surface area contributed by atoms with E-state index >= 15 is 0 Å². The zero-order chi connectivity index (χ0) is 28.9. The SMILES string of the molecule is Cc1nc(-c2ccc(C)c(N(CC(=O)NCCN3CCC(O)CC3)CC(=O)N(C)N3Cc4ccccc4C3)c2)no1. The van der Waals surface area contributed by atoms with Crippen LogP contribution in [0.3, 0.4) is 0 Å². The first-order valence-corrected chi connectivity index (χ1v) is 14.2. The third-order valence-electron chi connectivity index (χ3n) is 7.91. The van der Waals surface area contributed by atoms with Gasteiger partial charge in [-0.1, -0.05) is 41.6 Å². The number of amides is 2. The molecule has 3 aromatic rings. The maximum Gasteiger partial charge on any atom is 0.256 e. The minimum absolute atomic E-state index is 0.0219. The van der Waals surface area contributed by atoms with Gasteiger partial charge in [-0.3, -0.25) is 14.6 Å². The highest BCUT2D eigenvalue weighted by molar-refractivity contribution is 5.87. The molecular formula is C30H39N7O4. The van der Waals surface area contributed by atoms with Gasteiger partial charge in [-0.15, -0.1) is 0 Å². The number of hydrogen-bond acceptors (Lipinski definition) is 9. The fraction of sp³-hybridized carbons (Fsp3) is 0.467. The molecule has 2 N–H and O–H groups in total. The summed E-state index contributed by atoms with van der Waals surface area (Å²) in [5.41, 5.74) is 4.86. The number of aromatic nitrogens is 2. The van der Waals surface area contributed by atoms with Crippen LogP contribution in [0.5, 0.6) is 0 Å². The van der Waals surface area contributed by atoms with Crippen molar-refractivity contribution in [1.29, 1.82) is 0 Å². The summed E-state index contributed by atoms with van der Waals surface area (Å²) in [6.45, 7) is 7.95. The summed E-state index contributed by atoms with van der Waals surface area (Å²) in [7, 11) is 1.79. The number of piperidine rings is 1. The molecule has 0 atom stereocenters. The molecule has 1 aromatic heterocycles. The second kappa shape index (κ2) is 12.8. The lowest BCUT2D eigenvalue weighted by Gasteiger charge is -2.32. The fourth-order valence-electron chi connectivity index (χ4n) is 5.41. The lowest BCUT2D eigenvalue weighted by atomic mass is 10.1. The normalized spacial score (nSPS) is 16.0. The average Bonchev–Trinajstić information content (AvgIpc) is 3.60. The molecule has 2 aromatic carbocycles. The number of aliphatic hydroxyl groups excluding tert-OH is 1. The van der Waals surface area contributed by atoms with Gasteiger partial charge >= 0.3 is 0 Å². The third-order valence-corrected chi connectivity index (χ3v) is 7.91. The first kappa shape index (κ1) is 28.7. The summed E-state index contributed by atoms with van der Waals surface area (Å²) in [6, 6.07) is 14.0. The van der Waals surface area contributed by atoms with E-state index < -0.39 is 0 Å². The summed E-state index contributed by atoms with van der Waals surface area (Å²) >= 11 is 0. The Labute approximate surface area is 240 Å². The number of likely N-dealkylation sites (N-methyl/N-ethyl adjacent to an activating group) is 1.